The monoisotopic (exact) mass is 390 g/mol. The van der Waals surface area contributed by atoms with Gasteiger partial charge < -0.3 is 10.2 Å². The van der Waals surface area contributed by atoms with Crippen LogP contribution in [0.25, 0.3) is 0 Å². The van der Waals surface area contributed by atoms with Gasteiger partial charge in [-0.25, -0.2) is 13.2 Å². The van der Waals surface area contributed by atoms with Crippen molar-refractivity contribution < 1.29 is 22.8 Å². The fourth-order valence-corrected chi connectivity index (χ4v) is 3.10. The van der Waals surface area contributed by atoms with Crippen LogP contribution in [0.3, 0.4) is 0 Å². The Bertz CT molecular complexity index is 798. The molecule has 2 aromatic rings. The molecule has 2 rings (SSSR count). The van der Waals surface area contributed by atoms with E-state index in [1.165, 1.54) is 4.90 Å². The standard InChI is InChI=1S/C16H14ClF3N2O2S/c1-2-7-22(16(24)11-5-6-12(17)25-11)8-13(23)21-10-4-3-9(18)14(19)15(10)20/h3-6H,2,7-8H2,1H3,(H,21,23). The number of hydrogen-bond donors (Lipinski definition) is 1. The zero-order chi connectivity index (χ0) is 18.6. The zero-order valence-corrected chi connectivity index (χ0v) is 14.7. The van der Waals surface area contributed by atoms with E-state index in [2.05, 4.69) is 5.32 Å². The molecule has 0 bridgehead atoms. The quantitative estimate of drug-likeness (QED) is 0.747. The van der Waals surface area contributed by atoms with Gasteiger partial charge in [-0.3, -0.25) is 9.59 Å². The Hall–Kier alpha value is -2.06. The molecule has 0 saturated carbocycles. The number of nitrogens with zero attached hydrogens (tertiary/aromatic N) is 1. The lowest BCUT2D eigenvalue weighted by molar-refractivity contribution is -0.116. The molecule has 1 heterocycles. The maximum absolute atomic E-state index is 13.6. The minimum atomic E-state index is -1.67. The van der Waals surface area contributed by atoms with E-state index in [-0.39, 0.29) is 12.5 Å². The molecule has 0 saturated heterocycles. The lowest BCUT2D eigenvalue weighted by Gasteiger charge is -2.21. The first kappa shape index (κ1) is 19.3. The summed E-state index contributed by atoms with van der Waals surface area (Å²) in [5, 5.41) is 2.14. The second-order valence-corrected chi connectivity index (χ2v) is 6.82. The van der Waals surface area contributed by atoms with E-state index in [1.54, 1.807) is 12.1 Å². The third kappa shape index (κ3) is 4.73. The van der Waals surface area contributed by atoms with Crippen molar-refractivity contribution >= 4 is 40.4 Å². The maximum atomic E-state index is 13.6. The summed E-state index contributed by atoms with van der Waals surface area (Å²) >= 11 is 6.88. The van der Waals surface area contributed by atoms with Gasteiger partial charge >= 0.3 is 0 Å². The second-order valence-electron chi connectivity index (χ2n) is 5.10. The van der Waals surface area contributed by atoms with E-state index in [4.69, 9.17) is 11.6 Å². The Balaban J connectivity index is 2.10. The third-order valence-corrected chi connectivity index (χ3v) is 4.43. The van der Waals surface area contributed by atoms with E-state index in [9.17, 15) is 22.8 Å². The van der Waals surface area contributed by atoms with Crippen LogP contribution >= 0.6 is 22.9 Å². The molecule has 0 aliphatic carbocycles. The predicted octanol–water partition coefficient (Wildman–Crippen LogP) is 4.31. The molecule has 0 aliphatic heterocycles. The van der Waals surface area contributed by atoms with Crippen molar-refractivity contribution in [2.45, 2.75) is 13.3 Å². The first-order valence-corrected chi connectivity index (χ1v) is 8.50. The van der Waals surface area contributed by atoms with Gasteiger partial charge in [0.2, 0.25) is 5.91 Å². The van der Waals surface area contributed by atoms with Crippen LogP contribution in [0.4, 0.5) is 18.9 Å². The Morgan fingerprint density at radius 3 is 2.48 bits per heavy atom. The van der Waals surface area contributed by atoms with Crippen molar-refractivity contribution in [1.82, 2.24) is 4.90 Å². The Kier molecular flexibility index (Phi) is 6.44. The number of anilines is 1. The van der Waals surface area contributed by atoms with Crippen LogP contribution in [-0.4, -0.2) is 29.8 Å². The topological polar surface area (TPSA) is 49.4 Å². The molecule has 0 radical (unpaired) electrons. The molecule has 134 valence electrons. The molecule has 2 amide bonds. The first-order valence-electron chi connectivity index (χ1n) is 7.31. The van der Waals surface area contributed by atoms with Crippen LogP contribution in [0.1, 0.15) is 23.0 Å². The summed E-state index contributed by atoms with van der Waals surface area (Å²) < 4.78 is 40.2. The van der Waals surface area contributed by atoms with Crippen LogP contribution in [0.5, 0.6) is 0 Å². The van der Waals surface area contributed by atoms with E-state index < -0.39 is 29.0 Å². The highest BCUT2D eigenvalue weighted by molar-refractivity contribution is 7.17. The molecule has 0 atom stereocenters. The summed E-state index contributed by atoms with van der Waals surface area (Å²) in [4.78, 5) is 26.1. The largest absolute Gasteiger partial charge is 0.329 e. The van der Waals surface area contributed by atoms with Gasteiger partial charge in [0.25, 0.3) is 5.91 Å². The number of halogens is 4. The third-order valence-electron chi connectivity index (χ3n) is 3.21. The Morgan fingerprint density at radius 2 is 1.88 bits per heavy atom. The first-order chi connectivity index (χ1) is 11.8. The number of amides is 2. The van der Waals surface area contributed by atoms with E-state index >= 15 is 0 Å². The fourth-order valence-electron chi connectivity index (χ4n) is 2.09. The van der Waals surface area contributed by atoms with Gasteiger partial charge in [-0.15, -0.1) is 11.3 Å². The van der Waals surface area contributed by atoms with Crippen LogP contribution in [0.15, 0.2) is 24.3 Å². The summed E-state index contributed by atoms with van der Waals surface area (Å²) in [6, 6.07) is 4.73. The number of hydrogen-bond acceptors (Lipinski definition) is 3. The molecule has 25 heavy (non-hydrogen) atoms. The van der Waals surface area contributed by atoms with Crippen molar-refractivity contribution in [3.8, 4) is 0 Å². The molecule has 9 heteroatoms. The smallest absolute Gasteiger partial charge is 0.264 e. The average Bonchev–Trinajstić information content (AvgIpc) is 3.01. The number of carbonyl (C=O) groups is 2. The molecular weight excluding hydrogens is 377 g/mol. The molecule has 4 nitrogen and oxygen atoms in total. The maximum Gasteiger partial charge on any atom is 0.264 e. The van der Waals surface area contributed by atoms with E-state index in [0.717, 1.165) is 17.4 Å². The SMILES string of the molecule is CCCN(CC(=O)Nc1ccc(F)c(F)c1F)C(=O)c1ccc(Cl)s1. The fraction of sp³-hybridized carbons (Fsp3) is 0.250. The normalized spacial score (nSPS) is 10.6. The van der Waals surface area contributed by atoms with E-state index in [1.807, 2.05) is 6.92 Å². The minimum absolute atomic E-state index is 0.294. The summed E-state index contributed by atoms with van der Waals surface area (Å²) in [5.41, 5.74) is -0.494. The number of rotatable bonds is 6. The summed E-state index contributed by atoms with van der Waals surface area (Å²) in [6.45, 7) is 1.76. The lowest BCUT2D eigenvalue weighted by atomic mass is 10.2. The van der Waals surface area contributed by atoms with Gasteiger partial charge in [0, 0.05) is 6.54 Å². The van der Waals surface area contributed by atoms with E-state index in [0.29, 0.717) is 28.2 Å². The number of benzene rings is 1. The van der Waals surface area contributed by atoms with Crippen LogP contribution in [0, 0.1) is 17.5 Å². The summed E-state index contributed by atoms with van der Waals surface area (Å²) in [5.74, 6) is -5.64. The van der Waals surface area contributed by atoms with Gasteiger partial charge in [-0.1, -0.05) is 18.5 Å². The van der Waals surface area contributed by atoms with Gasteiger partial charge in [-0.05, 0) is 30.7 Å². The molecule has 0 unspecified atom stereocenters. The second kappa shape index (κ2) is 8.35. The molecule has 0 fully saturated rings. The summed E-state index contributed by atoms with van der Waals surface area (Å²) in [7, 11) is 0. The van der Waals surface area contributed by atoms with Crippen molar-refractivity contribution in [2.24, 2.45) is 0 Å². The van der Waals surface area contributed by atoms with Gasteiger partial charge in [-0.2, -0.15) is 0 Å². The van der Waals surface area contributed by atoms with Crippen molar-refractivity contribution in [3.05, 3.63) is 50.9 Å². The van der Waals surface area contributed by atoms with Crippen LogP contribution in [-0.2, 0) is 4.79 Å². The Morgan fingerprint density at radius 1 is 1.16 bits per heavy atom. The number of nitrogens with one attached hydrogen (secondary N) is 1. The highest BCUT2D eigenvalue weighted by Gasteiger charge is 2.21. The van der Waals surface area contributed by atoms with Gasteiger partial charge in [0.05, 0.1) is 14.9 Å². The number of carbonyl (C=O) groups excluding carboxylic acids is 2. The highest BCUT2D eigenvalue weighted by atomic mass is 35.5. The van der Waals surface area contributed by atoms with Crippen molar-refractivity contribution in [2.75, 3.05) is 18.4 Å². The molecule has 1 aromatic carbocycles. The van der Waals surface area contributed by atoms with Gasteiger partial charge in [0.15, 0.2) is 17.5 Å². The Labute approximate surface area is 151 Å². The molecule has 1 N–H and O–H groups in total. The lowest BCUT2D eigenvalue weighted by Crippen LogP contribution is -2.38. The zero-order valence-electron chi connectivity index (χ0n) is 13.1. The van der Waals surface area contributed by atoms with Crippen molar-refractivity contribution in [1.29, 1.82) is 0 Å². The molecule has 0 aliphatic rings. The predicted molar refractivity (Wildman–Crippen MR) is 90.5 cm³/mol. The molecular formula is C16H14ClF3N2O2S. The highest BCUT2D eigenvalue weighted by Crippen LogP contribution is 2.23. The van der Waals surface area contributed by atoms with Gasteiger partial charge in [0.1, 0.15) is 6.54 Å². The number of thiophene rings is 1. The minimum Gasteiger partial charge on any atom is -0.329 e. The molecule has 1 aromatic heterocycles. The summed E-state index contributed by atoms with van der Waals surface area (Å²) in [6.07, 6.45) is 0.595. The van der Waals surface area contributed by atoms with Crippen LogP contribution in [0.2, 0.25) is 4.34 Å². The van der Waals surface area contributed by atoms with Crippen molar-refractivity contribution in [3.63, 3.8) is 0 Å². The molecule has 0 spiro atoms. The average molecular weight is 391 g/mol. The van der Waals surface area contributed by atoms with Crippen LogP contribution < -0.4 is 5.32 Å².